The molecule has 1 aliphatic rings. The molecule has 0 aromatic heterocycles. The summed E-state index contributed by atoms with van der Waals surface area (Å²) >= 11 is 0. The fourth-order valence-corrected chi connectivity index (χ4v) is 1.99. The second kappa shape index (κ2) is 8.37. The quantitative estimate of drug-likeness (QED) is 0.556. The van der Waals surface area contributed by atoms with Gasteiger partial charge in [-0.15, -0.1) is 11.6 Å². The molecule has 3 heteroatoms. The van der Waals surface area contributed by atoms with Crippen molar-refractivity contribution in [2.24, 2.45) is 0 Å². The van der Waals surface area contributed by atoms with Crippen molar-refractivity contribution in [1.82, 2.24) is 0 Å². The molecule has 0 N–H and O–H groups in total. The van der Waals surface area contributed by atoms with Gasteiger partial charge in [0.05, 0.1) is 6.10 Å². The summed E-state index contributed by atoms with van der Waals surface area (Å²) in [5.74, 6) is 1.04. The molecule has 0 spiro atoms. The Labute approximate surface area is 125 Å². The van der Waals surface area contributed by atoms with Gasteiger partial charge in [-0.05, 0) is 25.7 Å². The molecule has 1 saturated carbocycles. The van der Waals surface area contributed by atoms with Crippen LogP contribution in [-0.4, -0.2) is 29.2 Å². The van der Waals surface area contributed by atoms with Crippen LogP contribution in [-0.2, 0) is 0 Å². The largest absolute Gasteiger partial charge is 2.00 e. The van der Waals surface area contributed by atoms with Crippen molar-refractivity contribution in [3.8, 4) is 5.75 Å². The van der Waals surface area contributed by atoms with Crippen LogP contribution < -0.4 is 21.7 Å². The first-order chi connectivity index (χ1) is 6.86. The van der Waals surface area contributed by atoms with E-state index in [4.69, 9.17) is 4.74 Å². The maximum atomic E-state index is 5.97. The predicted octanol–water partition coefficient (Wildman–Crippen LogP) is 0.130. The smallest absolute Gasteiger partial charge is 1.00 e. The summed E-state index contributed by atoms with van der Waals surface area (Å²) in [6.07, 6.45) is 6.91. The third-order valence-electron chi connectivity index (χ3n) is 2.87. The van der Waals surface area contributed by atoms with Crippen LogP contribution in [0.15, 0.2) is 18.2 Å². The normalized spacial score (nSPS) is 15.8. The molecule has 0 atom stereocenters. The maximum Gasteiger partial charge on any atom is 2.00 e. The zero-order valence-electron chi connectivity index (χ0n) is 9.84. The van der Waals surface area contributed by atoms with Crippen LogP contribution in [0.2, 0.25) is 0 Å². The van der Waals surface area contributed by atoms with Gasteiger partial charge in [-0.3, -0.25) is 0 Å². The number of halogens is 1. The first-order valence-electron chi connectivity index (χ1n) is 5.49. The average molecular weight is 293 g/mol. The molecule has 0 amide bonds. The summed E-state index contributed by atoms with van der Waals surface area (Å²) in [6.45, 7) is 2.08. The van der Waals surface area contributed by atoms with E-state index >= 15 is 0 Å². The van der Waals surface area contributed by atoms with E-state index in [1.807, 2.05) is 18.2 Å². The van der Waals surface area contributed by atoms with E-state index < -0.39 is 0 Å². The Morgan fingerprint density at radius 1 is 1.25 bits per heavy atom. The second-order valence-electron chi connectivity index (χ2n) is 4.07. The Kier molecular flexibility index (Phi) is 8.51. The van der Waals surface area contributed by atoms with Gasteiger partial charge in [0.1, 0.15) is 0 Å². The molecule has 0 unspecified atom stereocenters. The Balaban J connectivity index is 0.00000112. The summed E-state index contributed by atoms with van der Waals surface area (Å²) in [4.78, 5) is 0. The molecule has 0 saturated heterocycles. The van der Waals surface area contributed by atoms with Crippen LogP contribution >= 0.6 is 0 Å². The van der Waals surface area contributed by atoms with E-state index in [0.29, 0.717) is 6.10 Å². The molecule has 1 aliphatic carbocycles. The molecule has 0 aliphatic heterocycles. The Morgan fingerprint density at radius 2 is 1.94 bits per heavy atom. The van der Waals surface area contributed by atoms with Gasteiger partial charge in [0.25, 0.3) is 0 Å². The van der Waals surface area contributed by atoms with Crippen molar-refractivity contribution >= 4 is 23.1 Å². The maximum absolute atomic E-state index is 5.97. The molecular formula is C13H17BrMgO. The zero-order chi connectivity index (χ0) is 9.80. The minimum atomic E-state index is 0. The minimum absolute atomic E-state index is 0. The van der Waals surface area contributed by atoms with Crippen molar-refractivity contribution < 1.29 is 21.7 Å². The van der Waals surface area contributed by atoms with Gasteiger partial charge in [-0.1, -0.05) is 13.3 Å². The average Bonchev–Trinajstić information content (AvgIpc) is 2.23. The molecule has 1 aromatic carbocycles. The molecule has 0 radical (unpaired) electrons. The molecule has 1 nitrogen and oxygen atoms in total. The van der Waals surface area contributed by atoms with E-state index in [0.717, 1.165) is 5.75 Å². The van der Waals surface area contributed by atoms with Crippen molar-refractivity contribution in [1.29, 1.82) is 0 Å². The van der Waals surface area contributed by atoms with Gasteiger partial charge in [-0.2, -0.15) is 18.2 Å². The fourth-order valence-electron chi connectivity index (χ4n) is 1.99. The van der Waals surface area contributed by atoms with Crippen LogP contribution in [0.25, 0.3) is 0 Å². The van der Waals surface area contributed by atoms with E-state index in [1.54, 1.807) is 0 Å². The minimum Gasteiger partial charge on any atom is -1.00 e. The van der Waals surface area contributed by atoms with Crippen molar-refractivity contribution in [2.45, 2.75) is 45.1 Å². The number of aryl methyl sites for hydroxylation is 1. The van der Waals surface area contributed by atoms with Crippen LogP contribution in [0.3, 0.4) is 0 Å². The molecule has 1 fully saturated rings. The third-order valence-corrected chi connectivity index (χ3v) is 2.87. The monoisotopic (exact) mass is 292 g/mol. The van der Waals surface area contributed by atoms with E-state index in [-0.39, 0.29) is 40.0 Å². The number of hydrogen-bond acceptors (Lipinski definition) is 1. The number of benzene rings is 1. The molecule has 0 heterocycles. The van der Waals surface area contributed by atoms with Gasteiger partial charge >= 0.3 is 23.1 Å². The van der Waals surface area contributed by atoms with E-state index in [1.165, 1.54) is 37.7 Å². The topological polar surface area (TPSA) is 9.23 Å². The fraction of sp³-hybridized carbons (Fsp3) is 0.538. The standard InChI is InChI=1S/C13H17O.BrH.Mg/c1-11-7-5-6-10-13(11)14-12-8-3-2-4-9-12;;/h6-7,10,12H,2-4,8-9H2,1H3;1H;/q-1;;+2/p-1. The van der Waals surface area contributed by atoms with Crippen LogP contribution in [0.1, 0.15) is 37.7 Å². The van der Waals surface area contributed by atoms with E-state index in [2.05, 4.69) is 13.0 Å². The van der Waals surface area contributed by atoms with Crippen molar-refractivity contribution in [2.75, 3.05) is 0 Å². The first-order valence-corrected chi connectivity index (χ1v) is 5.49. The van der Waals surface area contributed by atoms with Gasteiger partial charge in [-0.25, -0.2) is 0 Å². The van der Waals surface area contributed by atoms with Gasteiger partial charge < -0.3 is 21.7 Å². The molecule has 1 aromatic rings. The van der Waals surface area contributed by atoms with Crippen molar-refractivity contribution in [3.05, 3.63) is 29.8 Å². The second-order valence-corrected chi connectivity index (χ2v) is 4.07. The Hall–Kier alpha value is 0.266. The summed E-state index contributed by atoms with van der Waals surface area (Å²) in [5.41, 5.74) is 1.19. The first kappa shape index (κ1) is 16.3. The summed E-state index contributed by atoms with van der Waals surface area (Å²) in [5, 5.41) is 0. The molecule has 16 heavy (non-hydrogen) atoms. The van der Waals surface area contributed by atoms with Gasteiger partial charge in [0.2, 0.25) is 0 Å². The SMILES string of the molecule is Cc1c[c-]ccc1OC1CCCCC1.[Br-].[Mg+2]. The van der Waals surface area contributed by atoms with Gasteiger partial charge in [0.15, 0.2) is 0 Å². The van der Waals surface area contributed by atoms with Crippen LogP contribution in [0.4, 0.5) is 0 Å². The van der Waals surface area contributed by atoms with Crippen LogP contribution in [0, 0.1) is 13.0 Å². The Morgan fingerprint density at radius 3 is 2.56 bits per heavy atom. The predicted molar refractivity (Wildman–Crippen MR) is 63.3 cm³/mol. The molecule has 84 valence electrons. The zero-order valence-corrected chi connectivity index (χ0v) is 12.8. The summed E-state index contributed by atoms with van der Waals surface area (Å²) in [6, 6.07) is 8.98. The molecular weight excluding hydrogens is 276 g/mol. The third kappa shape index (κ3) is 4.64. The Bertz CT molecular complexity index is 298. The summed E-state index contributed by atoms with van der Waals surface area (Å²) < 4.78 is 5.97. The van der Waals surface area contributed by atoms with E-state index in [9.17, 15) is 0 Å². The molecule has 2 rings (SSSR count). The number of hydrogen-bond donors (Lipinski definition) is 0. The summed E-state index contributed by atoms with van der Waals surface area (Å²) in [7, 11) is 0. The number of ether oxygens (including phenoxy) is 1. The van der Waals surface area contributed by atoms with Gasteiger partial charge in [0, 0.05) is 5.75 Å². The molecule has 0 bridgehead atoms. The van der Waals surface area contributed by atoms with Crippen LogP contribution in [0.5, 0.6) is 5.75 Å². The van der Waals surface area contributed by atoms with Crippen molar-refractivity contribution in [3.63, 3.8) is 0 Å². The number of rotatable bonds is 2.